The second kappa shape index (κ2) is 13.9. The molecule has 0 aliphatic rings. The van der Waals surface area contributed by atoms with E-state index in [0.29, 0.717) is 36.0 Å². The maximum Gasteiger partial charge on any atom is 0.258 e. The van der Waals surface area contributed by atoms with Crippen molar-refractivity contribution in [3.63, 3.8) is 0 Å². The Hall–Kier alpha value is -3.34. The number of amides is 2. The number of hydrogen-bond donors (Lipinski definition) is 5. The molecule has 2 aromatic carbocycles. The number of hydrogen-bond acceptors (Lipinski definition) is 8. The number of aliphatic hydroxyl groups excluding tert-OH is 2. The standard InChI is InChI=1S/C22H29N3O7/c23-22(29)16-5-7-18(8-6-16)30-12-10-24-13-17(27)14-31-19-3-1-2-4-20(19)32-15-21(28)25-9-11-26/h1-8,17,24,26-27H,9-15H2,(H2,23,29)(H,25,28). The molecule has 0 radical (unpaired) electrons. The average Bonchev–Trinajstić information content (AvgIpc) is 2.80. The van der Waals surface area contributed by atoms with Gasteiger partial charge in [0, 0.05) is 25.2 Å². The molecule has 0 aliphatic carbocycles. The SMILES string of the molecule is NC(=O)c1ccc(OCCNCC(O)COc2ccccc2OCC(=O)NCCO)cc1. The van der Waals surface area contributed by atoms with Crippen molar-refractivity contribution in [3.05, 3.63) is 54.1 Å². The molecule has 174 valence electrons. The van der Waals surface area contributed by atoms with Crippen molar-refractivity contribution in [2.75, 3.05) is 46.1 Å². The molecule has 2 amide bonds. The first-order valence-electron chi connectivity index (χ1n) is 10.1. The molecule has 10 nitrogen and oxygen atoms in total. The molecule has 0 saturated carbocycles. The summed E-state index contributed by atoms with van der Waals surface area (Å²) >= 11 is 0. The van der Waals surface area contributed by atoms with Crippen molar-refractivity contribution >= 4 is 11.8 Å². The summed E-state index contributed by atoms with van der Waals surface area (Å²) in [5.41, 5.74) is 5.60. The average molecular weight is 447 g/mol. The molecule has 0 spiro atoms. The van der Waals surface area contributed by atoms with Gasteiger partial charge in [-0.2, -0.15) is 0 Å². The summed E-state index contributed by atoms with van der Waals surface area (Å²) in [6.07, 6.45) is -0.772. The number of benzene rings is 2. The summed E-state index contributed by atoms with van der Waals surface area (Å²) in [5, 5.41) is 24.4. The third-order valence-corrected chi connectivity index (χ3v) is 4.14. The summed E-state index contributed by atoms with van der Waals surface area (Å²) < 4.78 is 16.6. The molecular weight excluding hydrogens is 418 g/mol. The minimum absolute atomic E-state index is 0.0273. The van der Waals surface area contributed by atoms with Crippen molar-refractivity contribution in [2.24, 2.45) is 5.73 Å². The van der Waals surface area contributed by atoms with Gasteiger partial charge in [-0.15, -0.1) is 0 Å². The van der Waals surface area contributed by atoms with Crippen LogP contribution in [0, 0.1) is 0 Å². The first-order valence-corrected chi connectivity index (χ1v) is 10.1. The number of ether oxygens (including phenoxy) is 3. The number of carbonyl (C=O) groups excluding carboxylic acids is 2. The van der Waals surface area contributed by atoms with Crippen molar-refractivity contribution in [3.8, 4) is 17.2 Å². The van der Waals surface area contributed by atoms with Gasteiger partial charge in [0.15, 0.2) is 18.1 Å². The highest BCUT2D eigenvalue weighted by atomic mass is 16.5. The number of nitrogens with two attached hydrogens (primary N) is 1. The van der Waals surface area contributed by atoms with Gasteiger partial charge in [0.05, 0.1) is 6.61 Å². The van der Waals surface area contributed by atoms with Gasteiger partial charge in [0.1, 0.15) is 25.1 Å². The van der Waals surface area contributed by atoms with E-state index in [9.17, 15) is 14.7 Å². The fourth-order valence-corrected chi connectivity index (χ4v) is 2.55. The van der Waals surface area contributed by atoms with Gasteiger partial charge in [-0.25, -0.2) is 0 Å². The fourth-order valence-electron chi connectivity index (χ4n) is 2.55. The number of nitrogens with one attached hydrogen (secondary N) is 2. The maximum atomic E-state index is 11.6. The Kier molecular flexibility index (Phi) is 10.8. The van der Waals surface area contributed by atoms with E-state index >= 15 is 0 Å². The normalized spacial score (nSPS) is 11.4. The first kappa shape index (κ1) is 24.9. The van der Waals surface area contributed by atoms with Crippen LogP contribution < -0.4 is 30.6 Å². The number of para-hydroxylation sites is 2. The van der Waals surface area contributed by atoms with E-state index in [1.54, 1.807) is 48.5 Å². The highest BCUT2D eigenvalue weighted by Gasteiger charge is 2.10. The first-order chi connectivity index (χ1) is 15.5. The molecule has 6 N–H and O–H groups in total. The minimum Gasteiger partial charge on any atom is -0.492 e. The predicted molar refractivity (Wildman–Crippen MR) is 117 cm³/mol. The van der Waals surface area contributed by atoms with Crippen LogP contribution in [0.2, 0.25) is 0 Å². The lowest BCUT2D eigenvalue weighted by atomic mass is 10.2. The van der Waals surface area contributed by atoms with Gasteiger partial charge in [-0.05, 0) is 36.4 Å². The molecule has 0 bridgehead atoms. The Morgan fingerprint density at radius 3 is 2.31 bits per heavy atom. The van der Waals surface area contributed by atoms with Crippen molar-refractivity contribution in [2.45, 2.75) is 6.10 Å². The van der Waals surface area contributed by atoms with Crippen LogP contribution >= 0.6 is 0 Å². The quantitative estimate of drug-likeness (QED) is 0.233. The van der Waals surface area contributed by atoms with E-state index in [1.807, 2.05) is 0 Å². The molecule has 1 atom stereocenters. The predicted octanol–water partition coefficient (Wildman–Crippen LogP) is -0.319. The third kappa shape index (κ3) is 9.21. The molecule has 10 heteroatoms. The summed E-state index contributed by atoms with van der Waals surface area (Å²) in [6, 6.07) is 13.4. The van der Waals surface area contributed by atoms with E-state index in [2.05, 4.69) is 10.6 Å². The van der Waals surface area contributed by atoms with Crippen molar-refractivity contribution in [1.82, 2.24) is 10.6 Å². The Morgan fingerprint density at radius 2 is 1.66 bits per heavy atom. The van der Waals surface area contributed by atoms with E-state index < -0.39 is 12.0 Å². The number of primary amides is 1. The molecule has 0 saturated heterocycles. The zero-order valence-electron chi connectivity index (χ0n) is 17.7. The lowest BCUT2D eigenvalue weighted by Gasteiger charge is -2.16. The van der Waals surface area contributed by atoms with Gasteiger partial charge < -0.3 is 40.8 Å². The molecule has 32 heavy (non-hydrogen) atoms. The Bertz CT molecular complexity index is 846. The van der Waals surface area contributed by atoms with Crippen LogP contribution in [0.15, 0.2) is 48.5 Å². The highest BCUT2D eigenvalue weighted by molar-refractivity contribution is 5.92. The van der Waals surface area contributed by atoms with Crippen LogP contribution in [0.1, 0.15) is 10.4 Å². The van der Waals surface area contributed by atoms with E-state index in [1.165, 1.54) is 0 Å². The number of rotatable bonds is 15. The largest absolute Gasteiger partial charge is 0.492 e. The van der Waals surface area contributed by atoms with Crippen LogP contribution in [0.25, 0.3) is 0 Å². The van der Waals surface area contributed by atoms with E-state index in [-0.39, 0.29) is 38.8 Å². The van der Waals surface area contributed by atoms with Crippen LogP contribution in [-0.4, -0.2) is 74.2 Å². The second-order valence-electron chi connectivity index (χ2n) is 6.72. The van der Waals surface area contributed by atoms with Gasteiger partial charge in [-0.3, -0.25) is 9.59 Å². The van der Waals surface area contributed by atoms with Crippen molar-refractivity contribution in [1.29, 1.82) is 0 Å². The van der Waals surface area contributed by atoms with Gasteiger partial charge in [0.2, 0.25) is 5.91 Å². The van der Waals surface area contributed by atoms with E-state index in [4.69, 9.17) is 25.1 Å². The summed E-state index contributed by atoms with van der Waals surface area (Å²) in [7, 11) is 0. The van der Waals surface area contributed by atoms with Gasteiger partial charge in [0.25, 0.3) is 5.91 Å². The van der Waals surface area contributed by atoms with Gasteiger partial charge in [-0.1, -0.05) is 12.1 Å². The Balaban J connectivity index is 1.65. The van der Waals surface area contributed by atoms with Gasteiger partial charge >= 0.3 is 0 Å². The summed E-state index contributed by atoms with van der Waals surface area (Å²) in [6.45, 7) is 0.987. The number of carbonyl (C=O) groups is 2. The topological polar surface area (TPSA) is 152 Å². The Labute approximate surface area is 186 Å². The lowest BCUT2D eigenvalue weighted by Crippen LogP contribution is -2.33. The fraction of sp³-hybridized carbons (Fsp3) is 0.364. The molecule has 0 heterocycles. The third-order valence-electron chi connectivity index (χ3n) is 4.14. The second-order valence-corrected chi connectivity index (χ2v) is 6.72. The van der Waals surface area contributed by atoms with Crippen LogP contribution in [0.4, 0.5) is 0 Å². The van der Waals surface area contributed by atoms with Crippen LogP contribution in [-0.2, 0) is 4.79 Å². The molecule has 0 fully saturated rings. The molecular formula is C22H29N3O7. The molecule has 2 rings (SSSR count). The van der Waals surface area contributed by atoms with Crippen LogP contribution in [0.3, 0.4) is 0 Å². The maximum absolute atomic E-state index is 11.6. The summed E-state index contributed by atoms with van der Waals surface area (Å²) in [5.74, 6) is 0.547. The molecule has 0 aliphatic heterocycles. The molecule has 0 aromatic heterocycles. The van der Waals surface area contributed by atoms with Crippen molar-refractivity contribution < 1.29 is 34.0 Å². The Morgan fingerprint density at radius 1 is 0.969 bits per heavy atom. The van der Waals surface area contributed by atoms with E-state index in [0.717, 1.165) is 0 Å². The molecule has 1 unspecified atom stereocenters. The monoisotopic (exact) mass is 447 g/mol. The molecule has 2 aromatic rings. The van der Waals surface area contributed by atoms with Crippen LogP contribution in [0.5, 0.6) is 17.2 Å². The smallest absolute Gasteiger partial charge is 0.258 e. The zero-order valence-corrected chi connectivity index (χ0v) is 17.7. The highest BCUT2D eigenvalue weighted by Crippen LogP contribution is 2.26. The minimum atomic E-state index is -0.772. The zero-order chi connectivity index (χ0) is 23.2. The summed E-state index contributed by atoms with van der Waals surface area (Å²) in [4.78, 5) is 22.6. The number of aliphatic hydroxyl groups is 2. The lowest BCUT2D eigenvalue weighted by molar-refractivity contribution is -0.123.